The van der Waals surface area contributed by atoms with Crippen molar-refractivity contribution in [1.82, 2.24) is 4.90 Å². The highest BCUT2D eigenvalue weighted by Gasteiger charge is 2.33. The number of benzene rings is 1. The minimum Gasteiger partial charge on any atom is -0.381 e. The van der Waals surface area contributed by atoms with Crippen LogP contribution in [0, 0.1) is 5.41 Å². The third-order valence-corrected chi connectivity index (χ3v) is 4.65. The minimum absolute atomic E-state index is 0.0971. The van der Waals surface area contributed by atoms with Gasteiger partial charge in [-0.1, -0.05) is 23.7 Å². The van der Waals surface area contributed by atoms with Crippen LogP contribution in [0.5, 0.6) is 0 Å². The first-order valence-corrected chi connectivity index (χ1v) is 7.68. The summed E-state index contributed by atoms with van der Waals surface area (Å²) in [6.07, 6.45) is 2.26. The highest BCUT2D eigenvalue weighted by Crippen LogP contribution is 2.31. The van der Waals surface area contributed by atoms with E-state index in [1.165, 1.54) is 5.56 Å². The molecule has 1 aliphatic rings. The molecule has 2 rings (SSSR count). The lowest BCUT2D eigenvalue weighted by molar-refractivity contribution is -0.0231. The zero-order valence-corrected chi connectivity index (χ0v) is 13.2. The molecule has 3 nitrogen and oxygen atoms in total. The summed E-state index contributed by atoms with van der Waals surface area (Å²) in [4.78, 5) is 2.35. The fraction of sp³-hybridized carbons (Fsp3) is 0.625. The molecule has 1 saturated heterocycles. The topological polar surface area (TPSA) is 38.5 Å². The van der Waals surface area contributed by atoms with E-state index >= 15 is 0 Å². The van der Waals surface area contributed by atoms with Crippen molar-refractivity contribution in [2.24, 2.45) is 11.1 Å². The van der Waals surface area contributed by atoms with Crippen molar-refractivity contribution in [2.45, 2.75) is 25.8 Å². The predicted octanol–water partition coefficient (Wildman–Crippen LogP) is 3.09. The maximum Gasteiger partial charge on any atom is 0.0546 e. The third kappa shape index (κ3) is 3.73. The van der Waals surface area contributed by atoms with Gasteiger partial charge in [0.1, 0.15) is 0 Å². The second-order valence-corrected chi connectivity index (χ2v) is 6.44. The number of ether oxygens (including phenoxy) is 1. The zero-order chi connectivity index (χ0) is 14.6. The van der Waals surface area contributed by atoms with Crippen LogP contribution in [0.15, 0.2) is 24.3 Å². The lowest BCUT2D eigenvalue weighted by atomic mass is 9.81. The van der Waals surface area contributed by atoms with Crippen molar-refractivity contribution in [3.05, 3.63) is 34.9 Å². The molecule has 0 radical (unpaired) electrons. The van der Waals surface area contributed by atoms with Crippen molar-refractivity contribution in [2.75, 3.05) is 33.4 Å². The standard InChI is InChI=1S/C16H25ClN2O/c1-13(14-5-3-6-15(17)9-14)19(2)11-16(10-18)7-4-8-20-12-16/h3,5-6,9,13H,4,7-8,10-12,18H2,1-2H3. The first kappa shape index (κ1) is 15.8. The van der Waals surface area contributed by atoms with Gasteiger partial charge in [0.05, 0.1) is 6.61 Å². The molecule has 1 aromatic rings. The van der Waals surface area contributed by atoms with Gasteiger partial charge in [0.2, 0.25) is 0 Å². The Kier molecular flexibility index (Phi) is 5.44. The Morgan fingerprint density at radius 2 is 2.30 bits per heavy atom. The summed E-state index contributed by atoms with van der Waals surface area (Å²) in [5, 5.41) is 0.789. The summed E-state index contributed by atoms with van der Waals surface area (Å²) in [6, 6.07) is 8.40. The largest absolute Gasteiger partial charge is 0.381 e. The fourth-order valence-corrected chi connectivity index (χ4v) is 3.15. The molecule has 112 valence electrons. The number of hydrogen-bond acceptors (Lipinski definition) is 3. The van der Waals surface area contributed by atoms with Gasteiger partial charge in [-0.2, -0.15) is 0 Å². The molecule has 4 heteroatoms. The van der Waals surface area contributed by atoms with Crippen molar-refractivity contribution < 1.29 is 4.74 Å². The quantitative estimate of drug-likeness (QED) is 0.907. The van der Waals surface area contributed by atoms with Gasteiger partial charge >= 0.3 is 0 Å². The molecular weight excluding hydrogens is 272 g/mol. The predicted molar refractivity (Wildman–Crippen MR) is 84.0 cm³/mol. The van der Waals surface area contributed by atoms with E-state index in [0.717, 1.165) is 37.6 Å². The lowest BCUT2D eigenvalue weighted by Gasteiger charge is -2.40. The lowest BCUT2D eigenvalue weighted by Crippen LogP contribution is -2.47. The summed E-state index contributed by atoms with van der Waals surface area (Å²) in [7, 11) is 2.15. The Morgan fingerprint density at radius 3 is 2.90 bits per heavy atom. The van der Waals surface area contributed by atoms with Crippen LogP contribution in [0.4, 0.5) is 0 Å². The molecule has 2 atom stereocenters. The molecule has 0 aromatic heterocycles. The summed E-state index contributed by atoms with van der Waals surface area (Å²) in [6.45, 7) is 5.49. The summed E-state index contributed by atoms with van der Waals surface area (Å²) >= 11 is 6.08. The van der Waals surface area contributed by atoms with Gasteiger partial charge in [-0.25, -0.2) is 0 Å². The number of nitrogens with two attached hydrogens (primary N) is 1. The van der Waals surface area contributed by atoms with E-state index in [0.29, 0.717) is 12.6 Å². The van der Waals surface area contributed by atoms with E-state index in [-0.39, 0.29) is 5.41 Å². The van der Waals surface area contributed by atoms with Crippen molar-refractivity contribution >= 4 is 11.6 Å². The van der Waals surface area contributed by atoms with E-state index in [9.17, 15) is 0 Å². The highest BCUT2D eigenvalue weighted by atomic mass is 35.5. The molecule has 1 heterocycles. The van der Waals surface area contributed by atoms with E-state index in [1.807, 2.05) is 18.2 Å². The van der Waals surface area contributed by atoms with Crippen molar-refractivity contribution in [3.8, 4) is 0 Å². The van der Waals surface area contributed by atoms with Crippen LogP contribution < -0.4 is 5.73 Å². The minimum atomic E-state index is 0.0971. The molecule has 1 fully saturated rings. The monoisotopic (exact) mass is 296 g/mol. The van der Waals surface area contributed by atoms with Crippen LogP contribution in [0.25, 0.3) is 0 Å². The number of hydrogen-bond donors (Lipinski definition) is 1. The van der Waals surface area contributed by atoms with E-state index < -0.39 is 0 Å². The van der Waals surface area contributed by atoms with Gasteiger partial charge in [0.15, 0.2) is 0 Å². The van der Waals surface area contributed by atoms with Gasteiger partial charge in [-0.3, -0.25) is 4.90 Å². The van der Waals surface area contributed by atoms with Crippen LogP contribution in [0.3, 0.4) is 0 Å². The average molecular weight is 297 g/mol. The normalized spacial score (nSPS) is 24.9. The Bertz CT molecular complexity index is 432. The Morgan fingerprint density at radius 1 is 1.50 bits per heavy atom. The fourth-order valence-electron chi connectivity index (χ4n) is 2.95. The first-order chi connectivity index (χ1) is 9.56. The molecule has 1 aromatic carbocycles. The number of halogens is 1. The summed E-state index contributed by atoms with van der Waals surface area (Å²) in [5.41, 5.74) is 7.36. The Hall–Kier alpha value is -0.610. The van der Waals surface area contributed by atoms with Crippen LogP contribution >= 0.6 is 11.6 Å². The van der Waals surface area contributed by atoms with Gasteiger partial charge in [0, 0.05) is 36.2 Å². The number of nitrogens with zero attached hydrogens (tertiary/aromatic N) is 1. The summed E-state index contributed by atoms with van der Waals surface area (Å²) < 4.78 is 5.65. The van der Waals surface area contributed by atoms with E-state index in [4.69, 9.17) is 22.1 Å². The van der Waals surface area contributed by atoms with Crippen LogP contribution in [0.2, 0.25) is 5.02 Å². The molecule has 0 aliphatic carbocycles. The maximum absolute atomic E-state index is 6.08. The number of rotatable bonds is 5. The molecule has 20 heavy (non-hydrogen) atoms. The maximum atomic E-state index is 6.08. The van der Waals surface area contributed by atoms with Crippen molar-refractivity contribution in [1.29, 1.82) is 0 Å². The van der Waals surface area contributed by atoms with Crippen LogP contribution in [-0.2, 0) is 4.74 Å². The SMILES string of the molecule is CC(c1cccc(Cl)c1)N(C)CC1(CN)CCCOC1. The first-order valence-electron chi connectivity index (χ1n) is 7.30. The van der Waals surface area contributed by atoms with Gasteiger partial charge < -0.3 is 10.5 Å². The molecule has 0 spiro atoms. The van der Waals surface area contributed by atoms with E-state index in [1.54, 1.807) is 0 Å². The van der Waals surface area contributed by atoms with Gasteiger partial charge in [-0.15, -0.1) is 0 Å². The third-order valence-electron chi connectivity index (χ3n) is 4.41. The second-order valence-electron chi connectivity index (χ2n) is 6.01. The van der Waals surface area contributed by atoms with Gasteiger partial charge in [-0.05, 0) is 44.5 Å². The average Bonchev–Trinajstić information content (AvgIpc) is 2.47. The van der Waals surface area contributed by atoms with Crippen LogP contribution in [0.1, 0.15) is 31.4 Å². The summed E-state index contributed by atoms with van der Waals surface area (Å²) in [5.74, 6) is 0. The zero-order valence-electron chi connectivity index (χ0n) is 12.4. The molecule has 0 bridgehead atoms. The molecular formula is C16H25ClN2O. The molecule has 1 aliphatic heterocycles. The smallest absolute Gasteiger partial charge is 0.0546 e. The van der Waals surface area contributed by atoms with Crippen molar-refractivity contribution in [3.63, 3.8) is 0 Å². The van der Waals surface area contributed by atoms with Crippen LogP contribution in [-0.4, -0.2) is 38.3 Å². The Labute approximate surface area is 127 Å². The van der Waals surface area contributed by atoms with Gasteiger partial charge in [0.25, 0.3) is 0 Å². The molecule has 2 N–H and O–H groups in total. The molecule has 0 saturated carbocycles. The van der Waals surface area contributed by atoms with E-state index in [2.05, 4.69) is 24.9 Å². The molecule has 0 amide bonds. The molecule has 2 unspecified atom stereocenters. The highest BCUT2D eigenvalue weighted by molar-refractivity contribution is 6.30. The Balaban J connectivity index is 2.04. The second kappa shape index (κ2) is 6.90.